The summed E-state index contributed by atoms with van der Waals surface area (Å²) in [4.78, 5) is 13.5. The number of anilines is 2. The van der Waals surface area contributed by atoms with Crippen LogP contribution in [0, 0.1) is 0 Å². The Morgan fingerprint density at radius 3 is 2.45 bits per heavy atom. The van der Waals surface area contributed by atoms with Crippen LogP contribution in [0.3, 0.4) is 0 Å². The van der Waals surface area contributed by atoms with Gasteiger partial charge in [-0.15, -0.1) is 0 Å². The summed E-state index contributed by atoms with van der Waals surface area (Å²) in [6, 6.07) is 13.5. The van der Waals surface area contributed by atoms with Gasteiger partial charge in [0, 0.05) is 12.7 Å². The van der Waals surface area contributed by atoms with Crippen LogP contribution >= 0.6 is 0 Å². The van der Waals surface area contributed by atoms with Crippen molar-refractivity contribution < 1.29 is 9.53 Å². The quantitative estimate of drug-likeness (QED) is 0.809. The van der Waals surface area contributed by atoms with Crippen LogP contribution in [0.2, 0.25) is 0 Å². The van der Waals surface area contributed by atoms with Crippen molar-refractivity contribution in [1.29, 1.82) is 0 Å². The first-order valence-electron chi connectivity index (χ1n) is 6.50. The predicted molar refractivity (Wildman–Crippen MR) is 79.8 cm³/mol. The molecular weight excluding hydrogens is 252 g/mol. The minimum atomic E-state index is -0.450. The van der Waals surface area contributed by atoms with Crippen LogP contribution < -0.4 is 15.4 Å². The zero-order valence-electron chi connectivity index (χ0n) is 11.5. The van der Waals surface area contributed by atoms with Gasteiger partial charge in [-0.2, -0.15) is 0 Å². The highest BCUT2D eigenvalue weighted by Crippen LogP contribution is 2.36. The average Bonchev–Trinajstić information content (AvgIpc) is 2.45. The Hall–Kier alpha value is -2.49. The smallest absolute Gasteiger partial charge is 0.267 e. The normalized spacial score (nSPS) is 17.6. The van der Waals surface area contributed by atoms with E-state index in [-0.39, 0.29) is 5.91 Å². The molecule has 1 aliphatic heterocycles. The highest BCUT2D eigenvalue weighted by Gasteiger charge is 2.28. The summed E-state index contributed by atoms with van der Waals surface area (Å²) in [6.45, 7) is 1.76. The molecule has 1 unspecified atom stereocenters. The first-order chi connectivity index (χ1) is 9.56. The number of carbonyl (C=O) groups excluding carboxylic acids is 1. The molecule has 4 heteroatoms. The van der Waals surface area contributed by atoms with E-state index in [4.69, 9.17) is 10.5 Å². The molecule has 0 saturated carbocycles. The Kier molecular flexibility index (Phi) is 2.86. The van der Waals surface area contributed by atoms with E-state index in [9.17, 15) is 4.79 Å². The second kappa shape index (κ2) is 4.56. The van der Waals surface area contributed by atoms with Crippen molar-refractivity contribution >= 4 is 17.3 Å². The first kappa shape index (κ1) is 12.5. The fourth-order valence-electron chi connectivity index (χ4n) is 2.37. The van der Waals surface area contributed by atoms with Gasteiger partial charge < -0.3 is 15.4 Å². The van der Waals surface area contributed by atoms with Crippen LogP contribution in [0.5, 0.6) is 5.75 Å². The maximum Gasteiger partial charge on any atom is 0.267 e. The van der Waals surface area contributed by atoms with Gasteiger partial charge in [0.15, 0.2) is 6.10 Å². The standard InChI is InChI=1S/C16H16N2O2/c1-10-16(19)18(2)14-8-5-12(9-15(14)20-10)11-3-6-13(17)7-4-11/h3-10H,17H2,1-2H3. The summed E-state index contributed by atoms with van der Waals surface area (Å²) in [6.07, 6.45) is -0.450. The molecule has 4 nitrogen and oxygen atoms in total. The van der Waals surface area contributed by atoms with Crippen molar-refractivity contribution in [2.75, 3.05) is 17.7 Å². The molecule has 0 fully saturated rings. The zero-order valence-corrected chi connectivity index (χ0v) is 11.5. The molecule has 20 heavy (non-hydrogen) atoms. The van der Waals surface area contributed by atoms with E-state index in [1.54, 1.807) is 18.9 Å². The number of nitrogens with zero attached hydrogens (tertiary/aromatic N) is 1. The van der Waals surface area contributed by atoms with Gasteiger partial charge in [-0.05, 0) is 42.3 Å². The number of ether oxygens (including phenoxy) is 1. The van der Waals surface area contributed by atoms with Gasteiger partial charge in [-0.25, -0.2) is 0 Å². The summed E-state index contributed by atoms with van der Waals surface area (Å²) in [5.41, 5.74) is 9.34. The molecule has 2 aromatic carbocycles. The molecule has 1 heterocycles. The molecule has 1 atom stereocenters. The molecule has 0 aromatic heterocycles. The van der Waals surface area contributed by atoms with E-state index in [2.05, 4.69) is 0 Å². The van der Waals surface area contributed by atoms with Crippen LogP contribution in [0.25, 0.3) is 11.1 Å². The van der Waals surface area contributed by atoms with Crippen molar-refractivity contribution in [2.45, 2.75) is 13.0 Å². The molecule has 0 bridgehead atoms. The lowest BCUT2D eigenvalue weighted by atomic mass is 10.0. The lowest BCUT2D eigenvalue weighted by Crippen LogP contribution is -2.41. The van der Waals surface area contributed by atoms with E-state index in [1.807, 2.05) is 42.5 Å². The Morgan fingerprint density at radius 1 is 1.10 bits per heavy atom. The molecule has 3 rings (SSSR count). The van der Waals surface area contributed by atoms with Gasteiger partial charge in [-0.1, -0.05) is 18.2 Å². The summed E-state index contributed by atoms with van der Waals surface area (Å²) in [5, 5.41) is 0. The Morgan fingerprint density at radius 2 is 1.75 bits per heavy atom. The zero-order chi connectivity index (χ0) is 14.3. The second-order valence-electron chi connectivity index (χ2n) is 4.96. The number of hydrogen-bond acceptors (Lipinski definition) is 3. The van der Waals surface area contributed by atoms with Gasteiger partial charge in [0.1, 0.15) is 5.75 Å². The van der Waals surface area contributed by atoms with Crippen LogP contribution in [0.4, 0.5) is 11.4 Å². The summed E-state index contributed by atoms with van der Waals surface area (Å²) < 4.78 is 5.68. The molecule has 2 aromatic rings. The maximum atomic E-state index is 11.9. The number of rotatable bonds is 1. The summed E-state index contributed by atoms with van der Waals surface area (Å²) >= 11 is 0. The number of hydrogen-bond donors (Lipinski definition) is 1. The predicted octanol–water partition coefficient (Wildman–Crippen LogP) is 2.68. The maximum absolute atomic E-state index is 11.9. The van der Waals surface area contributed by atoms with Crippen molar-refractivity contribution in [2.24, 2.45) is 0 Å². The number of fused-ring (bicyclic) bond motifs is 1. The number of benzene rings is 2. The third-order valence-corrected chi connectivity index (χ3v) is 3.55. The molecule has 0 aliphatic carbocycles. The lowest BCUT2D eigenvalue weighted by Gasteiger charge is -2.30. The molecule has 0 saturated heterocycles. The topological polar surface area (TPSA) is 55.6 Å². The highest BCUT2D eigenvalue weighted by molar-refractivity contribution is 5.99. The van der Waals surface area contributed by atoms with E-state index < -0.39 is 6.10 Å². The third kappa shape index (κ3) is 1.99. The lowest BCUT2D eigenvalue weighted by molar-refractivity contribution is -0.125. The largest absolute Gasteiger partial charge is 0.479 e. The summed E-state index contributed by atoms with van der Waals surface area (Å²) in [7, 11) is 1.77. The molecule has 1 aliphatic rings. The number of nitrogen functional groups attached to an aromatic ring is 1. The van der Waals surface area contributed by atoms with Gasteiger partial charge >= 0.3 is 0 Å². The van der Waals surface area contributed by atoms with E-state index >= 15 is 0 Å². The van der Waals surface area contributed by atoms with Gasteiger partial charge in [-0.3, -0.25) is 4.79 Å². The Labute approximate surface area is 117 Å². The number of likely N-dealkylation sites (N-methyl/N-ethyl adjacent to an activating group) is 1. The second-order valence-corrected chi connectivity index (χ2v) is 4.96. The monoisotopic (exact) mass is 268 g/mol. The first-order valence-corrected chi connectivity index (χ1v) is 6.50. The molecule has 102 valence electrons. The molecule has 2 N–H and O–H groups in total. The number of carbonyl (C=O) groups is 1. The Bertz CT molecular complexity index is 665. The van der Waals surface area contributed by atoms with Crippen molar-refractivity contribution in [3.05, 3.63) is 42.5 Å². The third-order valence-electron chi connectivity index (χ3n) is 3.55. The van der Waals surface area contributed by atoms with Crippen LogP contribution in [0.15, 0.2) is 42.5 Å². The van der Waals surface area contributed by atoms with Gasteiger partial charge in [0.25, 0.3) is 5.91 Å². The fraction of sp³-hybridized carbons (Fsp3) is 0.188. The average molecular weight is 268 g/mol. The van der Waals surface area contributed by atoms with Gasteiger partial charge in [0.05, 0.1) is 5.69 Å². The van der Waals surface area contributed by atoms with Crippen molar-refractivity contribution in [1.82, 2.24) is 0 Å². The van der Waals surface area contributed by atoms with Crippen molar-refractivity contribution in [3.8, 4) is 16.9 Å². The van der Waals surface area contributed by atoms with Crippen LogP contribution in [-0.2, 0) is 4.79 Å². The Balaban J connectivity index is 2.03. The molecule has 1 amide bonds. The summed E-state index contributed by atoms with van der Waals surface area (Å²) in [5.74, 6) is 0.701. The minimum absolute atomic E-state index is 0.0299. The van der Waals surface area contributed by atoms with E-state index in [0.717, 1.165) is 28.3 Å². The highest BCUT2D eigenvalue weighted by atomic mass is 16.5. The molecule has 0 spiro atoms. The van der Waals surface area contributed by atoms with Gasteiger partial charge in [0.2, 0.25) is 0 Å². The molecular formula is C16H16N2O2. The van der Waals surface area contributed by atoms with E-state index in [1.165, 1.54) is 0 Å². The molecule has 0 radical (unpaired) electrons. The van der Waals surface area contributed by atoms with Crippen LogP contribution in [0.1, 0.15) is 6.92 Å². The van der Waals surface area contributed by atoms with Crippen molar-refractivity contribution in [3.63, 3.8) is 0 Å². The number of amides is 1. The minimum Gasteiger partial charge on any atom is -0.479 e. The van der Waals surface area contributed by atoms with Crippen LogP contribution in [-0.4, -0.2) is 19.1 Å². The fourth-order valence-corrected chi connectivity index (χ4v) is 2.37. The van der Waals surface area contributed by atoms with E-state index in [0.29, 0.717) is 0 Å². The number of nitrogens with two attached hydrogens (primary N) is 1. The SMILES string of the molecule is CC1Oc2cc(-c3ccc(N)cc3)ccc2N(C)C1=O.